The molecule has 3 aliphatic rings. The molecule has 17 unspecified atom stereocenters. The minimum atomic E-state index is -1.97. The molecule has 3 saturated heterocycles. The number of carbonyl (C=O) groups excluding carboxylic acids is 1. The maximum absolute atomic E-state index is 13.2. The second kappa shape index (κ2) is 33.2. The van der Waals surface area contributed by atoms with Crippen molar-refractivity contribution in [3.8, 4) is 0 Å². The van der Waals surface area contributed by atoms with E-state index in [1.54, 1.807) is 0 Å². The lowest BCUT2D eigenvalue weighted by molar-refractivity contribution is -0.379. The van der Waals surface area contributed by atoms with Crippen LogP contribution >= 0.6 is 0 Å². The molecule has 0 aliphatic carbocycles. The summed E-state index contributed by atoms with van der Waals surface area (Å²) in [7, 11) is 0. The average Bonchev–Trinajstić information content (AvgIpc) is 3.31. The third-order valence-corrected chi connectivity index (χ3v) is 12.8. The number of ether oxygens (including phenoxy) is 6. The summed E-state index contributed by atoms with van der Waals surface area (Å²) in [5, 5.41) is 119. The lowest BCUT2D eigenvalue weighted by Gasteiger charge is -2.48. The monoisotopic (exact) mass is 954 g/mol. The van der Waals surface area contributed by atoms with Crippen molar-refractivity contribution in [3.05, 3.63) is 12.2 Å². The summed E-state index contributed by atoms with van der Waals surface area (Å²) in [4.78, 5) is 13.2. The highest BCUT2D eigenvalue weighted by Gasteiger charge is 2.53. The van der Waals surface area contributed by atoms with Crippen LogP contribution in [0.15, 0.2) is 12.2 Å². The number of aliphatic hydroxyl groups is 11. The first-order valence-corrected chi connectivity index (χ1v) is 24.9. The van der Waals surface area contributed by atoms with Crippen LogP contribution in [0.25, 0.3) is 0 Å². The molecule has 3 heterocycles. The number of carbonyl (C=O) groups is 1. The molecule has 12 N–H and O–H groups in total. The van der Waals surface area contributed by atoms with Crippen molar-refractivity contribution in [1.29, 1.82) is 0 Å². The van der Waals surface area contributed by atoms with Crippen molar-refractivity contribution >= 4 is 5.91 Å². The molecule has 0 spiro atoms. The zero-order chi connectivity index (χ0) is 48.4. The Morgan fingerprint density at radius 2 is 0.955 bits per heavy atom. The van der Waals surface area contributed by atoms with E-state index in [4.69, 9.17) is 28.4 Å². The minimum absolute atomic E-state index is 0.257. The molecule has 66 heavy (non-hydrogen) atoms. The van der Waals surface area contributed by atoms with E-state index in [1.165, 1.54) is 51.4 Å². The normalized spacial score (nSPS) is 33.9. The van der Waals surface area contributed by atoms with Crippen LogP contribution in [-0.4, -0.2) is 193 Å². The highest BCUT2D eigenvalue weighted by atomic mass is 16.8. The predicted octanol–water partition coefficient (Wildman–Crippen LogP) is 1.09. The van der Waals surface area contributed by atoms with E-state index in [2.05, 4.69) is 31.3 Å². The van der Waals surface area contributed by atoms with Crippen LogP contribution in [0.3, 0.4) is 0 Å². The molecular weight excluding hydrogens is 867 g/mol. The predicted molar refractivity (Wildman–Crippen MR) is 240 cm³/mol. The molecular formula is C47H87NO18. The highest BCUT2D eigenvalue weighted by Crippen LogP contribution is 2.33. The van der Waals surface area contributed by atoms with Crippen LogP contribution in [0.5, 0.6) is 0 Å². The number of hydrogen-bond donors (Lipinski definition) is 12. The van der Waals surface area contributed by atoms with Gasteiger partial charge in [-0.1, -0.05) is 116 Å². The van der Waals surface area contributed by atoms with Gasteiger partial charge in [-0.2, -0.15) is 0 Å². The van der Waals surface area contributed by atoms with E-state index < -0.39 is 124 Å². The van der Waals surface area contributed by atoms with Gasteiger partial charge in [0.1, 0.15) is 73.2 Å². The van der Waals surface area contributed by atoms with Crippen molar-refractivity contribution in [2.24, 2.45) is 0 Å². The van der Waals surface area contributed by atoms with Crippen molar-refractivity contribution in [1.82, 2.24) is 5.32 Å². The van der Waals surface area contributed by atoms with Crippen molar-refractivity contribution < 1.29 is 89.4 Å². The van der Waals surface area contributed by atoms with Gasteiger partial charge in [-0.25, -0.2) is 0 Å². The summed E-state index contributed by atoms with van der Waals surface area (Å²) in [6.45, 7) is 1.68. The first-order valence-electron chi connectivity index (χ1n) is 24.9. The number of amides is 1. The number of nitrogens with one attached hydrogen (secondary N) is 1. The Balaban J connectivity index is 1.56. The molecule has 3 rings (SSSR count). The van der Waals surface area contributed by atoms with E-state index in [1.807, 2.05) is 0 Å². The summed E-state index contributed by atoms with van der Waals surface area (Å²) in [6.07, 6.45) is -0.796. The second-order valence-corrected chi connectivity index (χ2v) is 18.3. The second-order valence-electron chi connectivity index (χ2n) is 18.3. The Bertz CT molecular complexity index is 1280. The van der Waals surface area contributed by atoms with Gasteiger partial charge in [0.2, 0.25) is 5.91 Å². The molecule has 3 fully saturated rings. The van der Waals surface area contributed by atoms with Gasteiger partial charge in [0.05, 0.1) is 38.6 Å². The first-order chi connectivity index (χ1) is 31.8. The Labute approximate surface area is 391 Å². The molecule has 0 bridgehead atoms. The highest BCUT2D eigenvalue weighted by molar-refractivity contribution is 5.76. The van der Waals surface area contributed by atoms with Crippen molar-refractivity contribution in [3.63, 3.8) is 0 Å². The third kappa shape index (κ3) is 19.4. The van der Waals surface area contributed by atoms with E-state index in [0.717, 1.165) is 64.2 Å². The maximum Gasteiger partial charge on any atom is 0.220 e. The molecule has 0 saturated carbocycles. The molecule has 1 amide bonds. The zero-order valence-corrected chi connectivity index (χ0v) is 39.4. The van der Waals surface area contributed by atoms with Gasteiger partial charge >= 0.3 is 0 Å². The largest absolute Gasteiger partial charge is 0.394 e. The lowest BCUT2D eigenvalue weighted by Crippen LogP contribution is -2.66. The number of unbranched alkanes of at least 4 members (excludes halogenated alkanes) is 16. The molecule has 3 aliphatic heterocycles. The molecule has 19 heteroatoms. The summed E-state index contributed by atoms with van der Waals surface area (Å²) in [5.74, 6) is -0.258. The quantitative estimate of drug-likeness (QED) is 0.0317. The van der Waals surface area contributed by atoms with Gasteiger partial charge in [0.15, 0.2) is 18.9 Å². The van der Waals surface area contributed by atoms with Crippen molar-refractivity contribution in [2.45, 2.75) is 253 Å². The standard InChI is InChI=1S/C47H87NO18/c1-3-5-7-9-11-13-14-15-16-17-19-21-23-25-35(53)48-30(31(52)24-22-20-18-12-10-8-6-4-2)29-61-45-41(59)38(56)43(33(27-50)63-45)66-47-42(60)39(57)44(34(28-51)64-47)65-46-40(58)37(55)36(54)32(26-49)62-46/h13-14,30-34,36-47,49-52,54-60H,3-12,15-29H2,1-2H3,(H,48,53)/b14-13-. The number of rotatable bonds is 34. The van der Waals surface area contributed by atoms with Crippen LogP contribution in [0, 0.1) is 0 Å². The van der Waals surface area contributed by atoms with Crippen LogP contribution in [0.2, 0.25) is 0 Å². The molecule has 0 radical (unpaired) electrons. The van der Waals surface area contributed by atoms with Gasteiger partial charge < -0.3 is 89.9 Å². The van der Waals surface area contributed by atoms with E-state index in [0.29, 0.717) is 12.8 Å². The fourth-order valence-corrected chi connectivity index (χ4v) is 8.60. The maximum atomic E-state index is 13.2. The fourth-order valence-electron chi connectivity index (χ4n) is 8.60. The summed E-state index contributed by atoms with van der Waals surface area (Å²) in [6, 6.07) is -0.883. The van der Waals surface area contributed by atoms with E-state index in [9.17, 15) is 61.0 Å². The van der Waals surface area contributed by atoms with E-state index in [-0.39, 0.29) is 18.9 Å². The van der Waals surface area contributed by atoms with Gasteiger partial charge in [0, 0.05) is 6.42 Å². The molecule has 388 valence electrons. The number of hydrogen-bond acceptors (Lipinski definition) is 18. The van der Waals surface area contributed by atoms with Crippen LogP contribution in [0.1, 0.15) is 149 Å². The summed E-state index contributed by atoms with van der Waals surface area (Å²) >= 11 is 0. The molecule has 19 nitrogen and oxygen atoms in total. The number of aliphatic hydroxyl groups excluding tert-OH is 11. The Kier molecular flexibility index (Phi) is 29.6. The molecule has 0 aromatic heterocycles. The van der Waals surface area contributed by atoms with Crippen molar-refractivity contribution in [2.75, 3.05) is 26.4 Å². The SMILES string of the molecule is CCCCCC/C=C\CCCCCCCC(=O)NC(COC1OC(CO)C(OC2OC(CO)C(OC3OC(CO)C(O)C(O)C3O)C(O)C2O)C(O)C1O)C(O)CCCCCCCCCC. The molecule has 0 aromatic rings. The summed E-state index contributed by atoms with van der Waals surface area (Å²) in [5.41, 5.74) is 0. The first kappa shape index (κ1) is 58.8. The van der Waals surface area contributed by atoms with E-state index >= 15 is 0 Å². The Hall–Kier alpha value is -1.47. The van der Waals surface area contributed by atoms with Crippen LogP contribution in [-0.2, 0) is 33.2 Å². The van der Waals surface area contributed by atoms with Gasteiger partial charge in [-0.05, 0) is 38.5 Å². The minimum Gasteiger partial charge on any atom is -0.394 e. The van der Waals surface area contributed by atoms with Crippen LogP contribution < -0.4 is 5.32 Å². The molecule has 17 atom stereocenters. The lowest BCUT2D eigenvalue weighted by atomic mass is 9.96. The Morgan fingerprint density at radius 3 is 1.48 bits per heavy atom. The van der Waals surface area contributed by atoms with Gasteiger partial charge in [0.25, 0.3) is 0 Å². The smallest absolute Gasteiger partial charge is 0.220 e. The molecule has 0 aromatic carbocycles. The third-order valence-electron chi connectivity index (χ3n) is 12.8. The Morgan fingerprint density at radius 1 is 0.530 bits per heavy atom. The fraction of sp³-hybridized carbons (Fsp3) is 0.936. The summed E-state index contributed by atoms with van der Waals surface area (Å²) < 4.78 is 34.1. The topological polar surface area (TPSA) is 307 Å². The zero-order valence-electron chi connectivity index (χ0n) is 39.4. The van der Waals surface area contributed by atoms with Crippen LogP contribution in [0.4, 0.5) is 0 Å². The average molecular weight is 954 g/mol. The number of allylic oxidation sites excluding steroid dienone is 2. The van der Waals surface area contributed by atoms with Gasteiger partial charge in [-0.3, -0.25) is 4.79 Å². The van der Waals surface area contributed by atoms with Gasteiger partial charge in [-0.15, -0.1) is 0 Å².